The van der Waals surface area contributed by atoms with E-state index in [1.165, 1.54) is 44.9 Å². The summed E-state index contributed by atoms with van der Waals surface area (Å²) < 4.78 is 0. The van der Waals surface area contributed by atoms with Crippen molar-refractivity contribution in [2.45, 2.75) is 69.9 Å². The van der Waals surface area contributed by atoms with Crippen LogP contribution in [-0.4, -0.2) is 25.0 Å². The van der Waals surface area contributed by atoms with Gasteiger partial charge in [-0.2, -0.15) is 0 Å². The highest BCUT2D eigenvalue weighted by Gasteiger charge is 2.50. The van der Waals surface area contributed by atoms with Gasteiger partial charge in [-0.25, -0.2) is 0 Å². The van der Waals surface area contributed by atoms with Crippen LogP contribution in [-0.2, 0) is 4.79 Å². The Morgan fingerprint density at radius 1 is 0.810 bits per heavy atom. The fourth-order valence-electron chi connectivity index (χ4n) is 6.18. The van der Waals surface area contributed by atoms with Crippen LogP contribution in [0.4, 0.5) is 0 Å². The van der Waals surface area contributed by atoms with Crippen LogP contribution < -0.4 is 10.6 Å². The van der Waals surface area contributed by atoms with Crippen molar-refractivity contribution in [3.63, 3.8) is 0 Å². The van der Waals surface area contributed by atoms with Gasteiger partial charge in [-0.15, -0.1) is 0 Å². The minimum atomic E-state index is 0.361. The van der Waals surface area contributed by atoms with Gasteiger partial charge >= 0.3 is 0 Å². The first-order valence-electron chi connectivity index (χ1n) is 9.20. The molecule has 0 saturated heterocycles. The zero-order valence-electron chi connectivity index (χ0n) is 13.3. The Bertz CT molecular complexity index is 372. The number of carbonyl (C=O) groups excluding carboxylic acids is 1. The summed E-state index contributed by atoms with van der Waals surface area (Å²) in [4.78, 5) is 12.8. The SMILES string of the molecule is CNC1CCC(NC(=O)C2C3CC4CC(C3)CC2C4)CC1. The second kappa shape index (κ2) is 5.57. The highest BCUT2D eigenvalue weighted by molar-refractivity contribution is 5.80. The normalized spacial score (nSPS) is 48.3. The van der Waals surface area contributed by atoms with Crippen molar-refractivity contribution in [3.8, 4) is 0 Å². The van der Waals surface area contributed by atoms with Gasteiger partial charge in [0.2, 0.25) is 5.91 Å². The van der Waals surface area contributed by atoms with Gasteiger partial charge in [0.25, 0.3) is 0 Å². The average Bonchev–Trinajstić information content (AvgIpc) is 2.47. The molecule has 21 heavy (non-hydrogen) atoms. The molecule has 0 unspecified atom stereocenters. The maximum Gasteiger partial charge on any atom is 0.223 e. The molecule has 3 heteroatoms. The minimum Gasteiger partial charge on any atom is -0.353 e. The molecule has 5 fully saturated rings. The number of hydrogen-bond acceptors (Lipinski definition) is 2. The summed E-state index contributed by atoms with van der Waals surface area (Å²) in [7, 11) is 2.05. The predicted molar refractivity (Wildman–Crippen MR) is 83.8 cm³/mol. The molecule has 5 rings (SSSR count). The summed E-state index contributed by atoms with van der Waals surface area (Å²) in [6.07, 6.45) is 11.6. The van der Waals surface area contributed by atoms with Crippen molar-refractivity contribution in [1.82, 2.24) is 10.6 Å². The van der Waals surface area contributed by atoms with Gasteiger partial charge in [-0.3, -0.25) is 4.79 Å². The van der Waals surface area contributed by atoms with E-state index in [2.05, 4.69) is 17.7 Å². The molecule has 0 spiro atoms. The average molecular weight is 290 g/mol. The van der Waals surface area contributed by atoms with E-state index in [1.54, 1.807) is 0 Å². The summed E-state index contributed by atoms with van der Waals surface area (Å²) in [5.41, 5.74) is 0. The molecule has 2 N–H and O–H groups in total. The van der Waals surface area contributed by atoms with Crippen LogP contribution in [0, 0.1) is 29.6 Å². The summed E-state index contributed by atoms with van der Waals surface area (Å²) in [5, 5.41) is 6.80. The summed E-state index contributed by atoms with van der Waals surface area (Å²) in [6, 6.07) is 1.11. The van der Waals surface area contributed by atoms with Crippen LogP contribution in [0.1, 0.15) is 57.8 Å². The smallest absolute Gasteiger partial charge is 0.223 e. The first kappa shape index (κ1) is 14.0. The molecule has 5 aliphatic rings. The fraction of sp³-hybridized carbons (Fsp3) is 0.944. The van der Waals surface area contributed by atoms with Gasteiger partial charge in [0.15, 0.2) is 0 Å². The summed E-state index contributed by atoms with van der Waals surface area (Å²) in [5.74, 6) is 4.13. The fourth-order valence-corrected chi connectivity index (χ4v) is 6.18. The van der Waals surface area contributed by atoms with Gasteiger partial charge in [0.1, 0.15) is 0 Å². The van der Waals surface area contributed by atoms with Gasteiger partial charge < -0.3 is 10.6 Å². The van der Waals surface area contributed by atoms with Crippen LogP contribution in [0.5, 0.6) is 0 Å². The lowest BCUT2D eigenvalue weighted by Crippen LogP contribution is -2.53. The molecule has 4 bridgehead atoms. The van der Waals surface area contributed by atoms with Gasteiger partial charge in [0.05, 0.1) is 0 Å². The third-order valence-corrected chi connectivity index (χ3v) is 7.01. The second-order valence-corrected chi connectivity index (χ2v) is 8.30. The molecule has 0 atom stereocenters. The molecule has 0 aromatic heterocycles. The lowest BCUT2D eigenvalue weighted by Gasteiger charge is -2.53. The third kappa shape index (κ3) is 2.62. The summed E-state index contributed by atoms with van der Waals surface area (Å²) in [6.45, 7) is 0. The molecule has 0 aromatic carbocycles. The van der Waals surface area contributed by atoms with Crippen molar-refractivity contribution >= 4 is 5.91 Å². The number of hydrogen-bond donors (Lipinski definition) is 2. The Morgan fingerprint density at radius 2 is 1.33 bits per heavy atom. The molecule has 118 valence electrons. The van der Waals surface area contributed by atoms with Crippen LogP contribution in [0.2, 0.25) is 0 Å². The van der Waals surface area contributed by atoms with Gasteiger partial charge in [0, 0.05) is 18.0 Å². The number of carbonyl (C=O) groups is 1. The van der Waals surface area contributed by atoms with E-state index in [-0.39, 0.29) is 0 Å². The molecule has 5 saturated carbocycles. The van der Waals surface area contributed by atoms with E-state index in [0.717, 1.165) is 36.5 Å². The first-order valence-corrected chi connectivity index (χ1v) is 9.20. The second-order valence-electron chi connectivity index (χ2n) is 8.30. The molecule has 0 radical (unpaired) electrons. The maximum atomic E-state index is 12.8. The highest BCUT2D eigenvalue weighted by atomic mass is 16.2. The maximum absolute atomic E-state index is 12.8. The van der Waals surface area contributed by atoms with Crippen molar-refractivity contribution in [2.24, 2.45) is 29.6 Å². The Hall–Kier alpha value is -0.570. The quantitative estimate of drug-likeness (QED) is 0.839. The van der Waals surface area contributed by atoms with E-state index in [0.29, 0.717) is 23.9 Å². The number of amides is 1. The van der Waals surface area contributed by atoms with Crippen molar-refractivity contribution in [2.75, 3.05) is 7.05 Å². The third-order valence-electron chi connectivity index (χ3n) is 7.01. The van der Waals surface area contributed by atoms with Crippen LogP contribution >= 0.6 is 0 Å². The van der Waals surface area contributed by atoms with Crippen molar-refractivity contribution in [3.05, 3.63) is 0 Å². The van der Waals surface area contributed by atoms with Crippen LogP contribution in [0.25, 0.3) is 0 Å². The molecule has 5 aliphatic carbocycles. The molecule has 0 aliphatic heterocycles. The monoisotopic (exact) mass is 290 g/mol. The van der Waals surface area contributed by atoms with E-state index in [1.807, 2.05) is 0 Å². The highest BCUT2D eigenvalue weighted by Crippen LogP contribution is 2.56. The molecule has 0 heterocycles. The zero-order valence-corrected chi connectivity index (χ0v) is 13.3. The minimum absolute atomic E-state index is 0.361. The topological polar surface area (TPSA) is 41.1 Å². The molecule has 1 amide bonds. The number of nitrogens with one attached hydrogen (secondary N) is 2. The number of rotatable bonds is 3. The Balaban J connectivity index is 1.35. The predicted octanol–water partition coefficient (Wildman–Crippen LogP) is 2.71. The molecular weight excluding hydrogens is 260 g/mol. The van der Waals surface area contributed by atoms with Crippen molar-refractivity contribution < 1.29 is 4.79 Å². The van der Waals surface area contributed by atoms with Crippen LogP contribution in [0.15, 0.2) is 0 Å². The largest absolute Gasteiger partial charge is 0.353 e. The van der Waals surface area contributed by atoms with Gasteiger partial charge in [-0.1, -0.05) is 0 Å². The first-order chi connectivity index (χ1) is 10.2. The standard InChI is InChI=1S/C18H30N2O/c1-19-15-2-4-16(5-3-15)20-18(21)17-13-7-11-6-12(9-13)10-14(17)8-11/h11-17,19H,2-10H2,1H3,(H,20,21). The Kier molecular flexibility index (Phi) is 3.72. The molecular formula is C18H30N2O. The lowest BCUT2D eigenvalue weighted by atomic mass is 9.51. The van der Waals surface area contributed by atoms with E-state index < -0.39 is 0 Å². The van der Waals surface area contributed by atoms with Gasteiger partial charge in [-0.05, 0) is 88.5 Å². The Labute approximate surface area is 128 Å². The van der Waals surface area contributed by atoms with E-state index in [9.17, 15) is 4.79 Å². The van der Waals surface area contributed by atoms with Crippen molar-refractivity contribution in [1.29, 1.82) is 0 Å². The van der Waals surface area contributed by atoms with E-state index in [4.69, 9.17) is 0 Å². The van der Waals surface area contributed by atoms with E-state index >= 15 is 0 Å². The summed E-state index contributed by atoms with van der Waals surface area (Å²) >= 11 is 0. The zero-order chi connectivity index (χ0) is 14.4. The lowest BCUT2D eigenvalue weighted by molar-refractivity contribution is -0.139. The molecule has 0 aromatic rings. The Morgan fingerprint density at radius 3 is 1.86 bits per heavy atom. The van der Waals surface area contributed by atoms with Crippen LogP contribution in [0.3, 0.4) is 0 Å². The molecule has 3 nitrogen and oxygen atoms in total.